The van der Waals surface area contributed by atoms with Gasteiger partial charge >= 0.3 is 0 Å². The molecule has 0 aliphatic carbocycles. The van der Waals surface area contributed by atoms with Crippen LogP contribution in [-0.4, -0.2) is 35.4 Å². The molecule has 0 saturated carbocycles. The second-order valence-electron chi connectivity index (χ2n) is 5.47. The zero-order valence-corrected chi connectivity index (χ0v) is 13.9. The Morgan fingerprint density at radius 2 is 1.75 bits per heavy atom. The quantitative estimate of drug-likeness (QED) is 0.794. The highest BCUT2D eigenvalue weighted by Crippen LogP contribution is 2.17. The molecule has 1 N–H and O–H groups in total. The van der Waals surface area contributed by atoms with Crippen molar-refractivity contribution < 1.29 is 19.4 Å². The molecule has 0 radical (unpaired) electrons. The molecule has 5 heteroatoms. The summed E-state index contributed by atoms with van der Waals surface area (Å²) in [4.78, 5) is 25.2. The van der Waals surface area contributed by atoms with E-state index in [1.54, 1.807) is 49.5 Å². The third-order valence-corrected chi connectivity index (χ3v) is 3.68. The number of carbonyl (C=O) groups is 2. The van der Waals surface area contributed by atoms with Crippen LogP contribution in [0.25, 0.3) is 0 Å². The molecule has 2 rings (SSSR count). The molecule has 0 bridgehead atoms. The van der Waals surface area contributed by atoms with Gasteiger partial charge in [0.2, 0.25) is 0 Å². The number of hydrogen-bond acceptors (Lipinski definition) is 4. The number of hydrogen-bond donors (Lipinski definition) is 1. The molecule has 1 amide bonds. The van der Waals surface area contributed by atoms with E-state index in [0.29, 0.717) is 29.8 Å². The lowest BCUT2D eigenvalue weighted by atomic mass is 10.1. The molecule has 0 aliphatic heterocycles. The lowest BCUT2D eigenvalue weighted by molar-refractivity contribution is -0.132. The van der Waals surface area contributed by atoms with Gasteiger partial charge in [-0.05, 0) is 30.3 Å². The van der Waals surface area contributed by atoms with E-state index < -0.39 is 0 Å². The van der Waals surface area contributed by atoms with Gasteiger partial charge in [0.25, 0.3) is 5.91 Å². The number of phenols is 1. The summed E-state index contributed by atoms with van der Waals surface area (Å²) in [5.74, 6) is 0.563. The Kier molecular flexibility index (Phi) is 5.95. The molecule has 0 heterocycles. The first-order chi connectivity index (χ1) is 11.5. The van der Waals surface area contributed by atoms with Crippen molar-refractivity contribution >= 4 is 11.7 Å². The average molecular weight is 327 g/mol. The number of aromatic hydroxyl groups is 1. The van der Waals surface area contributed by atoms with Crippen molar-refractivity contribution in [3.8, 4) is 11.5 Å². The largest absolute Gasteiger partial charge is 0.508 e. The summed E-state index contributed by atoms with van der Waals surface area (Å²) in [5, 5.41) is 9.74. The number of likely N-dealkylation sites (N-methyl/N-ethyl adjacent to an activating group) is 1. The normalized spacial score (nSPS) is 10.2. The average Bonchev–Trinajstić information content (AvgIpc) is 2.61. The maximum atomic E-state index is 12.1. The van der Waals surface area contributed by atoms with Gasteiger partial charge in [-0.1, -0.05) is 25.1 Å². The zero-order valence-electron chi connectivity index (χ0n) is 13.9. The Labute approximate surface area is 141 Å². The second-order valence-corrected chi connectivity index (χ2v) is 5.47. The Hall–Kier alpha value is -2.82. The third kappa shape index (κ3) is 4.59. The minimum Gasteiger partial charge on any atom is -0.508 e. The number of phenolic OH excluding ortho intramolecular Hbond substituents is 1. The first-order valence-electron chi connectivity index (χ1n) is 7.78. The monoisotopic (exact) mass is 327 g/mol. The van der Waals surface area contributed by atoms with Gasteiger partial charge in [-0.3, -0.25) is 9.59 Å². The summed E-state index contributed by atoms with van der Waals surface area (Å²) in [6, 6.07) is 13.6. The maximum Gasteiger partial charge on any atom is 0.260 e. The fraction of sp³-hybridized carbons (Fsp3) is 0.263. The molecule has 0 aliphatic rings. The van der Waals surface area contributed by atoms with E-state index in [0.717, 1.165) is 0 Å². The van der Waals surface area contributed by atoms with E-state index in [-0.39, 0.29) is 24.0 Å². The van der Waals surface area contributed by atoms with Crippen LogP contribution in [0.5, 0.6) is 11.5 Å². The minimum atomic E-state index is -0.202. The molecule has 5 nitrogen and oxygen atoms in total. The molecule has 0 atom stereocenters. The molecular weight excluding hydrogens is 306 g/mol. The summed E-state index contributed by atoms with van der Waals surface area (Å²) in [7, 11) is 1.65. The Morgan fingerprint density at radius 3 is 2.38 bits per heavy atom. The lowest BCUT2D eigenvalue weighted by Gasteiger charge is -2.18. The van der Waals surface area contributed by atoms with Crippen molar-refractivity contribution in [3.63, 3.8) is 0 Å². The molecule has 0 saturated heterocycles. The highest BCUT2D eigenvalue weighted by atomic mass is 16.5. The number of carbonyl (C=O) groups excluding carboxylic acids is 2. The number of benzene rings is 2. The number of ether oxygens (including phenoxy) is 1. The molecule has 2 aromatic rings. The lowest BCUT2D eigenvalue weighted by Crippen LogP contribution is -2.30. The van der Waals surface area contributed by atoms with Crippen molar-refractivity contribution in [2.75, 3.05) is 13.7 Å². The van der Waals surface area contributed by atoms with Gasteiger partial charge in [-0.25, -0.2) is 0 Å². The highest BCUT2D eigenvalue weighted by molar-refractivity contribution is 5.95. The molecule has 24 heavy (non-hydrogen) atoms. The summed E-state index contributed by atoms with van der Waals surface area (Å²) >= 11 is 0. The van der Waals surface area contributed by atoms with Crippen LogP contribution in [0.1, 0.15) is 29.3 Å². The van der Waals surface area contributed by atoms with E-state index in [4.69, 9.17) is 4.74 Å². The molecule has 0 aromatic heterocycles. The highest BCUT2D eigenvalue weighted by Gasteiger charge is 2.12. The number of amides is 1. The Bertz CT molecular complexity index is 710. The SMILES string of the molecule is CCC(=O)c1ccc(OCC(=O)N(C)Cc2ccccc2O)cc1. The van der Waals surface area contributed by atoms with Gasteiger partial charge in [0.15, 0.2) is 12.4 Å². The van der Waals surface area contributed by atoms with E-state index in [1.807, 2.05) is 13.0 Å². The van der Waals surface area contributed by atoms with Crippen LogP contribution in [0.4, 0.5) is 0 Å². The number of para-hydroxylation sites is 1. The van der Waals surface area contributed by atoms with Crippen LogP contribution in [-0.2, 0) is 11.3 Å². The topological polar surface area (TPSA) is 66.8 Å². The van der Waals surface area contributed by atoms with Crippen LogP contribution >= 0.6 is 0 Å². The van der Waals surface area contributed by atoms with Crippen LogP contribution in [0.15, 0.2) is 48.5 Å². The smallest absolute Gasteiger partial charge is 0.260 e. The van der Waals surface area contributed by atoms with Crippen LogP contribution < -0.4 is 4.74 Å². The zero-order chi connectivity index (χ0) is 17.5. The van der Waals surface area contributed by atoms with Gasteiger partial charge in [0.05, 0.1) is 0 Å². The standard InChI is InChI=1S/C19H21NO4/c1-3-17(21)14-8-10-16(11-9-14)24-13-19(23)20(2)12-15-6-4-5-7-18(15)22/h4-11,22H,3,12-13H2,1-2H3. The van der Waals surface area contributed by atoms with Crippen molar-refractivity contribution in [3.05, 3.63) is 59.7 Å². The fourth-order valence-electron chi connectivity index (χ4n) is 2.18. The molecule has 0 spiro atoms. The fourth-order valence-corrected chi connectivity index (χ4v) is 2.18. The predicted octanol–water partition coefficient (Wildman–Crippen LogP) is 3.02. The van der Waals surface area contributed by atoms with Crippen molar-refractivity contribution in [2.45, 2.75) is 19.9 Å². The summed E-state index contributed by atoms with van der Waals surface area (Å²) in [6.07, 6.45) is 0.454. The molecule has 126 valence electrons. The Balaban J connectivity index is 1.88. The first-order valence-corrected chi connectivity index (χ1v) is 7.78. The molecule has 0 unspecified atom stereocenters. The van der Waals surface area contributed by atoms with Gasteiger partial charge in [0, 0.05) is 31.1 Å². The second kappa shape index (κ2) is 8.15. The predicted molar refractivity (Wildman–Crippen MR) is 91.1 cm³/mol. The first kappa shape index (κ1) is 17.5. The van der Waals surface area contributed by atoms with Gasteiger partial charge in [-0.2, -0.15) is 0 Å². The molecular formula is C19H21NO4. The van der Waals surface area contributed by atoms with Crippen LogP contribution in [0.3, 0.4) is 0 Å². The molecule has 2 aromatic carbocycles. The van der Waals surface area contributed by atoms with Crippen LogP contribution in [0.2, 0.25) is 0 Å². The van der Waals surface area contributed by atoms with Crippen molar-refractivity contribution in [1.82, 2.24) is 4.90 Å². The van der Waals surface area contributed by atoms with E-state index in [9.17, 15) is 14.7 Å². The number of Topliss-reactive ketones (excluding diaryl/α,β-unsaturated/α-hetero) is 1. The van der Waals surface area contributed by atoms with Crippen molar-refractivity contribution in [1.29, 1.82) is 0 Å². The molecule has 0 fully saturated rings. The minimum absolute atomic E-state index is 0.0695. The van der Waals surface area contributed by atoms with Gasteiger partial charge < -0.3 is 14.7 Å². The van der Waals surface area contributed by atoms with Gasteiger partial charge in [0.1, 0.15) is 11.5 Å². The maximum absolute atomic E-state index is 12.1. The summed E-state index contributed by atoms with van der Waals surface area (Å²) in [6.45, 7) is 2.01. The summed E-state index contributed by atoms with van der Waals surface area (Å²) in [5.41, 5.74) is 1.31. The van der Waals surface area contributed by atoms with Crippen LogP contribution in [0, 0.1) is 0 Å². The number of nitrogens with zero attached hydrogens (tertiary/aromatic N) is 1. The third-order valence-electron chi connectivity index (χ3n) is 3.68. The number of ketones is 1. The summed E-state index contributed by atoms with van der Waals surface area (Å²) < 4.78 is 5.46. The Morgan fingerprint density at radius 1 is 1.08 bits per heavy atom. The van der Waals surface area contributed by atoms with E-state index in [2.05, 4.69) is 0 Å². The van der Waals surface area contributed by atoms with E-state index in [1.165, 1.54) is 4.90 Å². The van der Waals surface area contributed by atoms with E-state index >= 15 is 0 Å². The van der Waals surface area contributed by atoms with Gasteiger partial charge in [-0.15, -0.1) is 0 Å². The van der Waals surface area contributed by atoms with Crippen molar-refractivity contribution in [2.24, 2.45) is 0 Å². The number of rotatable bonds is 7.